The van der Waals surface area contributed by atoms with Crippen LogP contribution in [-0.2, 0) is 9.59 Å². The molecule has 0 aliphatic heterocycles. The number of carbonyl (C=O) groups is 3. The summed E-state index contributed by atoms with van der Waals surface area (Å²) in [5.74, 6) is -0.483. The van der Waals surface area contributed by atoms with E-state index < -0.39 is 5.91 Å². The van der Waals surface area contributed by atoms with Crippen LogP contribution in [0, 0.1) is 0 Å². The predicted molar refractivity (Wildman–Crippen MR) is 168 cm³/mol. The van der Waals surface area contributed by atoms with Crippen molar-refractivity contribution in [2.75, 3.05) is 10.6 Å². The van der Waals surface area contributed by atoms with Crippen molar-refractivity contribution >= 4 is 46.9 Å². The fourth-order valence-corrected chi connectivity index (χ4v) is 4.79. The number of thioether (sulfide) groups is 1. The Kier molecular flexibility index (Phi) is 10.1. The molecule has 0 aliphatic rings. The number of carbonyl (C=O) groups excluding carboxylic acids is 3. The van der Waals surface area contributed by atoms with Crippen LogP contribution in [0.2, 0.25) is 0 Å². The minimum Gasteiger partial charge on any atom is -0.325 e. The average Bonchev–Trinajstić information content (AvgIpc) is 2.99. The number of nitrogens with one attached hydrogen (secondary N) is 3. The molecule has 0 spiro atoms. The maximum absolute atomic E-state index is 13.2. The summed E-state index contributed by atoms with van der Waals surface area (Å²) in [7, 11) is 0. The van der Waals surface area contributed by atoms with E-state index in [2.05, 4.69) is 29.8 Å². The Hall–Kier alpha value is -4.62. The van der Waals surface area contributed by atoms with Gasteiger partial charge in [-0.2, -0.15) is 0 Å². The molecule has 0 aromatic heterocycles. The van der Waals surface area contributed by atoms with Crippen molar-refractivity contribution in [1.82, 2.24) is 5.32 Å². The first-order chi connectivity index (χ1) is 19.8. The maximum atomic E-state index is 13.2. The van der Waals surface area contributed by atoms with E-state index >= 15 is 0 Å². The van der Waals surface area contributed by atoms with Gasteiger partial charge in [-0.1, -0.05) is 74.5 Å². The highest BCUT2D eigenvalue weighted by atomic mass is 32.2. The molecule has 1 atom stereocenters. The first-order valence-corrected chi connectivity index (χ1v) is 14.3. The Morgan fingerprint density at radius 1 is 0.683 bits per heavy atom. The average molecular weight is 564 g/mol. The summed E-state index contributed by atoms with van der Waals surface area (Å²) < 4.78 is 0. The van der Waals surface area contributed by atoms with E-state index in [4.69, 9.17) is 0 Å². The van der Waals surface area contributed by atoms with Gasteiger partial charge < -0.3 is 16.0 Å². The van der Waals surface area contributed by atoms with E-state index in [9.17, 15) is 14.4 Å². The fraction of sp³-hybridized carbons (Fsp3) is 0.147. The lowest BCUT2D eigenvalue weighted by Crippen LogP contribution is -2.30. The Balaban J connectivity index is 1.39. The van der Waals surface area contributed by atoms with Gasteiger partial charge in [-0.05, 0) is 78.6 Å². The standard InChI is InChI=1S/C34H33N3O3S/c1-23(2)26-14-16-28(17-15-26)35-32(38)24(3)41-30-20-18-29(19-21-30)36-34(40)31(22-25-10-6-4-7-11-25)37-33(39)27-12-8-5-9-13-27/h4-24H,1-3H3,(H,35,38)(H,36,40)(H,37,39)/b31-22-. The van der Waals surface area contributed by atoms with E-state index in [1.165, 1.54) is 17.3 Å². The molecule has 0 saturated carbocycles. The van der Waals surface area contributed by atoms with Gasteiger partial charge in [0.25, 0.3) is 11.8 Å². The molecule has 0 saturated heterocycles. The smallest absolute Gasteiger partial charge is 0.272 e. The Morgan fingerprint density at radius 3 is 1.85 bits per heavy atom. The Morgan fingerprint density at radius 2 is 1.24 bits per heavy atom. The molecular formula is C34H33N3O3S. The van der Waals surface area contributed by atoms with Gasteiger partial charge in [-0.3, -0.25) is 14.4 Å². The minimum atomic E-state index is -0.449. The SMILES string of the molecule is CC(Sc1ccc(NC(=O)/C(=C/c2ccccc2)NC(=O)c2ccccc2)cc1)C(=O)Nc1ccc(C(C)C)cc1. The van der Waals surface area contributed by atoms with Gasteiger partial charge in [0.1, 0.15) is 5.70 Å². The first kappa shape index (κ1) is 29.4. The molecule has 3 amide bonds. The van der Waals surface area contributed by atoms with Gasteiger partial charge in [-0.25, -0.2) is 0 Å². The lowest BCUT2D eigenvalue weighted by Gasteiger charge is -2.14. The van der Waals surface area contributed by atoms with Gasteiger partial charge >= 0.3 is 0 Å². The molecular weight excluding hydrogens is 530 g/mol. The van der Waals surface area contributed by atoms with Gasteiger partial charge in [0, 0.05) is 21.8 Å². The summed E-state index contributed by atoms with van der Waals surface area (Å²) in [5, 5.41) is 8.24. The lowest BCUT2D eigenvalue weighted by molar-refractivity contribution is -0.115. The van der Waals surface area contributed by atoms with E-state index in [0.717, 1.165) is 16.1 Å². The normalized spacial score (nSPS) is 12.0. The third-order valence-electron chi connectivity index (χ3n) is 6.28. The zero-order valence-electron chi connectivity index (χ0n) is 23.3. The van der Waals surface area contributed by atoms with Crippen LogP contribution in [0.4, 0.5) is 11.4 Å². The third-order valence-corrected chi connectivity index (χ3v) is 7.39. The summed E-state index contributed by atoms with van der Waals surface area (Å²) >= 11 is 1.43. The van der Waals surface area contributed by atoms with Crippen molar-refractivity contribution in [3.05, 3.63) is 132 Å². The van der Waals surface area contributed by atoms with Crippen molar-refractivity contribution in [2.24, 2.45) is 0 Å². The van der Waals surface area contributed by atoms with Crippen molar-refractivity contribution in [1.29, 1.82) is 0 Å². The Bertz CT molecular complexity index is 1500. The van der Waals surface area contributed by atoms with Crippen LogP contribution in [0.3, 0.4) is 0 Å². The highest BCUT2D eigenvalue weighted by molar-refractivity contribution is 8.00. The first-order valence-electron chi connectivity index (χ1n) is 13.4. The monoisotopic (exact) mass is 563 g/mol. The van der Waals surface area contributed by atoms with Crippen LogP contribution < -0.4 is 16.0 Å². The van der Waals surface area contributed by atoms with Crippen LogP contribution in [0.5, 0.6) is 0 Å². The zero-order valence-corrected chi connectivity index (χ0v) is 24.1. The molecule has 0 heterocycles. The summed E-state index contributed by atoms with van der Waals surface area (Å²) in [6, 6.07) is 33.2. The molecule has 0 bridgehead atoms. The van der Waals surface area contributed by atoms with E-state index in [0.29, 0.717) is 17.2 Å². The highest BCUT2D eigenvalue weighted by Gasteiger charge is 2.17. The quantitative estimate of drug-likeness (QED) is 0.139. The molecule has 6 nitrogen and oxygen atoms in total. The molecule has 4 aromatic rings. The Labute approximate surface area is 245 Å². The topological polar surface area (TPSA) is 87.3 Å². The molecule has 4 rings (SSSR count). The fourth-order valence-electron chi connectivity index (χ4n) is 3.93. The van der Waals surface area contributed by atoms with Gasteiger partial charge in [0.15, 0.2) is 0 Å². The number of hydrogen-bond acceptors (Lipinski definition) is 4. The summed E-state index contributed by atoms with van der Waals surface area (Å²) in [6.45, 7) is 6.12. The number of benzene rings is 4. The second-order valence-corrected chi connectivity index (χ2v) is 11.2. The zero-order chi connectivity index (χ0) is 29.2. The van der Waals surface area contributed by atoms with E-state index in [-0.39, 0.29) is 22.8 Å². The maximum Gasteiger partial charge on any atom is 0.272 e. The minimum absolute atomic E-state index is 0.0884. The molecule has 4 aromatic carbocycles. The van der Waals surface area contributed by atoms with Crippen molar-refractivity contribution in [3.8, 4) is 0 Å². The number of rotatable bonds is 10. The lowest BCUT2D eigenvalue weighted by atomic mass is 10.0. The van der Waals surface area contributed by atoms with Crippen molar-refractivity contribution in [3.63, 3.8) is 0 Å². The van der Waals surface area contributed by atoms with Gasteiger partial charge in [0.2, 0.25) is 5.91 Å². The van der Waals surface area contributed by atoms with Crippen molar-refractivity contribution in [2.45, 2.75) is 36.8 Å². The summed E-state index contributed by atoms with van der Waals surface area (Å²) in [5.41, 5.74) is 3.90. The molecule has 3 N–H and O–H groups in total. The number of anilines is 2. The predicted octanol–water partition coefficient (Wildman–Crippen LogP) is 7.34. The van der Waals surface area contributed by atoms with Crippen LogP contribution in [0.15, 0.2) is 120 Å². The summed E-state index contributed by atoms with van der Waals surface area (Å²) in [4.78, 5) is 39.6. The second-order valence-electron chi connectivity index (χ2n) is 9.79. The van der Waals surface area contributed by atoms with Crippen molar-refractivity contribution < 1.29 is 14.4 Å². The number of amides is 3. The van der Waals surface area contributed by atoms with E-state index in [1.807, 2.05) is 79.7 Å². The molecule has 0 fully saturated rings. The third kappa shape index (κ3) is 8.68. The van der Waals surface area contributed by atoms with Crippen LogP contribution >= 0.6 is 11.8 Å². The molecule has 41 heavy (non-hydrogen) atoms. The molecule has 0 aliphatic carbocycles. The van der Waals surface area contributed by atoms with Gasteiger partial charge in [-0.15, -0.1) is 11.8 Å². The van der Waals surface area contributed by atoms with Crippen LogP contribution in [0.1, 0.15) is 48.2 Å². The summed E-state index contributed by atoms with van der Waals surface area (Å²) in [6.07, 6.45) is 1.64. The largest absolute Gasteiger partial charge is 0.325 e. The molecule has 208 valence electrons. The second kappa shape index (κ2) is 14.1. The number of hydrogen-bond donors (Lipinski definition) is 3. The molecule has 1 unspecified atom stereocenters. The van der Waals surface area contributed by atoms with E-state index in [1.54, 1.807) is 42.5 Å². The van der Waals surface area contributed by atoms with Crippen LogP contribution in [-0.4, -0.2) is 23.0 Å². The highest BCUT2D eigenvalue weighted by Crippen LogP contribution is 2.26. The molecule has 7 heteroatoms. The molecule has 0 radical (unpaired) electrons. The van der Waals surface area contributed by atoms with Gasteiger partial charge in [0.05, 0.1) is 5.25 Å². The van der Waals surface area contributed by atoms with Crippen LogP contribution in [0.25, 0.3) is 6.08 Å².